The van der Waals surface area contributed by atoms with E-state index in [0.717, 1.165) is 22.3 Å². The second kappa shape index (κ2) is 22.5. The van der Waals surface area contributed by atoms with Crippen LogP contribution < -0.4 is 0 Å². The summed E-state index contributed by atoms with van der Waals surface area (Å²) in [6.07, 6.45) is 2.82. The van der Waals surface area contributed by atoms with E-state index < -0.39 is 111 Å². The Morgan fingerprint density at radius 1 is 0.776 bits per heavy atom. The predicted molar refractivity (Wildman–Crippen MR) is 211 cm³/mol. The zero-order valence-corrected chi connectivity index (χ0v) is 34.1. The fraction of sp³-hybridized carbons (Fsp3) is 0.558. The van der Waals surface area contributed by atoms with Crippen LogP contribution in [0.3, 0.4) is 0 Å². The van der Waals surface area contributed by atoms with Crippen molar-refractivity contribution in [1.29, 1.82) is 0 Å². The van der Waals surface area contributed by atoms with Crippen molar-refractivity contribution in [1.82, 2.24) is 0 Å². The van der Waals surface area contributed by atoms with Crippen molar-refractivity contribution >= 4 is 17.7 Å². The predicted octanol–water partition coefficient (Wildman–Crippen LogP) is 2.24. The minimum atomic E-state index is -1.93. The van der Waals surface area contributed by atoms with Gasteiger partial charge in [-0.1, -0.05) is 97.4 Å². The van der Waals surface area contributed by atoms with Crippen molar-refractivity contribution in [3.05, 3.63) is 94.7 Å². The first-order chi connectivity index (χ1) is 27.3. The number of Topliss-reactive ketones (excluding diaryl/α,β-unsaturated/α-hetero) is 1. The summed E-state index contributed by atoms with van der Waals surface area (Å²) in [6.45, 7) is 12.1. The molecule has 11 unspecified atom stereocenters. The summed E-state index contributed by atoms with van der Waals surface area (Å²) in [7, 11) is 0. The van der Waals surface area contributed by atoms with Gasteiger partial charge >= 0.3 is 11.9 Å². The van der Waals surface area contributed by atoms with Crippen molar-refractivity contribution in [3.63, 3.8) is 0 Å². The molecule has 15 heteroatoms. The van der Waals surface area contributed by atoms with Crippen LogP contribution in [0.25, 0.3) is 0 Å². The molecule has 2 saturated heterocycles. The summed E-state index contributed by atoms with van der Waals surface area (Å²) in [5.41, 5.74) is 3.94. The fourth-order valence-corrected chi connectivity index (χ4v) is 6.63. The van der Waals surface area contributed by atoms with Gasteiger partial charge < -0.3 is 59.4 Å². The van der Waals surface area contributed by atoms with E-state index >= 15 is 0 Å². The van der Waals surface area contributed by atoms with E-state index in [-0.39, 0.29) is 12.2 Å². The van der Waals surface area contributed by atoms with E-state index in [1.165, 1.54) is 0 Å². The van der Waals surface area contributed by atoms with Gasteiger partial charge in [0.1, 0.15) is 55.4 Å². The number of carbonyl (C=O) groups is 3. The average molecular weight is 817 g/mol. The third-order valence-corrected chi connectivity index (χ3v) is 10.00. The maximum atomic E-state index is 13.3. The summed E-state index contributed by atoms with van der Waals surface area (Å²) in [5.74, 6) is -2.07. The summed E-state index contributed by atoms with van der Waals surface area (Å²) >= 11 is 0. The Kier molecular flexibility index (Phi) is 18.8. The van der Waals surface area contributed by atoms with Gasteiger partial charge in [-0.3, -0.25) is 14.4 Å². The van der Waals surface area contributed by atoms with Crippen LogP contribution in [0.2, 0.25) is 0 Å². The van der Waals surface area contributed by atoms with Crippen LogP contribution in [-0.2, 0) is 38.1 Å². The molecule has 2 fully saturated rings. The lowest BCUT2D eigenvalue weighted by atomic mass is 9.71. The van der Waals surface area contributed by atoms with Crippen LogP contribution in [0.1, 0.15) is 67.7 Å². The number of ether oxygens (including phenoxy) is 5. The molecule has 2 aliphatic heterocycles. The van der Waals surface area contributed by atoms with Gasteiger partial charge in [-0.25, -0.2) is 0 Å². The van der Waals surface area contributed by atoms with Gasteiger partial charge in [0.2, 0.25) is 0 Å². The molecule has 0 radical (unpaired) electrons. The molecule has 0 amide bonds. The van der Waals surface area contributed by atoms with Crippen molar-refractivity contribution in [2.24, 2.45) is 5.41 Å². The number of aliphatic hydroxyl groups excluding tert-OH is 7. The van der Waals surface area contributed by atoms with Gasteiger partial charge in [-0.05, 0) is 51.2 Å². The van der Waals surface area contributed by atoms with Gasteiger partial charge in [0, 0.05) is 6.42 Å². The second-order valence-corrected chi connectivity index (χ2v) is 15.3. The molecular weight excluding hydrogens is 756 g/mol. The van der Waals surface area contributed by atoms with Crippen LogP contribution in [0.5, 0.6) is 0 Å². The van der Waals surface area contributed by atoms with Gasteiger partial charge in [0.25, 0.3) is 0 Å². The molecule has 1 aliphatic carbocycles. The molecule has 0 spiro atoms. The molecule has 3 rings (SSSR count). The molecule has 0 aromatic rings. The summed E-state index contributed by atoms with van der Waals surface area (Å²) in [6, 6.07) is 0. The monoisotopic (exact) mass is 816 g/mol. The standard InChI is InChI=1S/C43H60O15/c1-8-12-24(2)13-9-10-14-25(3)15-11-16-26(4)17-18-28-27(5)34(47)29(21-43(28,6)7)55-33(46)20-19-32(45)54-23-31-40(37(50)38(51)41(53)56-31)58-42-39(52)36(49)35(48)30(22-44)57-42/h8-18,29-31,35-42,44,48-53H,19-23H2,1-7H3. The third-order valence-electron chi connectivity index (χ3n) is 10.00. The molecule has 58 heavy (non-hydrogen) atoms. The topological polar surface area (TPSA) is 239 Å². The SMILES string of the molecule is CC=CC(C)=CC=CC=C(C)C=CC=C(C)C=CC1=C(C)C(=O)C(OC(=O)CCC(=O)OCC2OC(O)C(O)C(O)C2OC2OC(CO)C(O)C(O)C2O)CC1(C)C. The van der Waals surface area contributed by atoms with Crippen molar-refractivity contribution in [2.75, 3.05) is 13.2 Å². The van der Waals surface area contributed by atoms with E-state index in [9.17, 15) is 50.1 Å². The lowest BCUT2D eigenvalue weighted by Crippen LogP contribution is -2.64. The molecule has 0 saturated carbocycles. The molecule has 0 bridgehead atoms. The first-order valence-electron chi connectivity index (χ1n) is 19.2. The van der Waals surface area contributed by atoms with E-state index in [1.54, 1.807) is 6.92 Å². The van der Waals surface area contributed by atoms with Crippen molar-refractivity contribution < 1.29 is 73.8 Å². The molecule has 2 heterocycles. The van der Waals surface area contributed by atoms with E-state index in [1.807, 2.05) is 108 Å². The zero-order valence-electron chi connectivity index (χ0n) is 34.1. The van der Waals surface area contributed by atoms with Gasteiger partial charge in [0.15, 0.2) is 24.5 Å². The Bertz CT molecular complexity index is 1680. The number of allylic oxidation sites excluding steroid dienone is 15. The molecule has 3 aliphatic rings. The van der Waals surface area contributed by atoms with Crippen LogP contribution in [0.15, 0.2) is 94.7 Å². The Morgan fingerprint density at radius 3 is 2.02 bits per heavy atom. The van der Waals surface area contributed by atoms with Crippen LogP contribution in [0, 0.1) is 5.41 Å². The van der Waals surface area contributed by atoms with Crippen LogP contribution >= 0.6 is 0 Å². The Balaban J connectivity index is 1.55. The highest BCUT2D eigenvalue weighted by atomic mass is 16.7. The second-order valence-electron chi connectivity index (χ2n) is 15.3. The summed E-state index contributed by atoms with van der Waals surface area (Å²) < 4.78 is 26.8. The highest BCUT2D eigenvalue weighted by molar-refractivity contribution is 6.01. The van der Waals surface area contributed by atoms with E-state index in [4.69, 9.17) is 23.7 Å². The minimum Gasteiger partial charge on any atom is -0.463 e. The first-order valence-corrected chi connectivity index (χ1v) is 19.2. The smallest absolute Gasteiger partial charge is 0.307 e. The molecule has 7 N–H and O–H groups in total. The minimum absolute atomic E-state index is 0.216. The summed E-state index contributed by atoms with van der Waals surface area (Å²) in [5, 5.41) is 70.8. The zero-order chi connectivity index (χ0) is 43.3. The highest BCUT2D eigenvalue weighted by Gasteiger charge is 2.50. The van der Waals surface area contributed by atoms with Gasteiger partial charge in [0.05, 0.1) is 19.4 Å². The normalized spacial score (nSPS) is 32.9. The van der Waals surface area contributed by atoms with Gasteiger partial charge in [-0.15, -0.1) is 0 Å². The maximum absolute atomic E-state index is 13.3. The maximum Gasteiger partial charge on any atom is 0.307 e. The van der Waals surface area contributed by atoms with Crippen molar-refractivity contribution in [3.8, 4) is 0 Å². The lowest BCUT2D eigenvalue weighted by Gasteiger charge is -2.45. The number of aliphatic hydroxyl groups is 7. The Labute approximate surface area is 339 Å². The van der Waals surface area contributed by atoms with Crippen molar-refractivity contribution in [2.45, 2.75) is 135 Å². The molecule has 15 nitrogen and oxygen atoms in total. The largest absolute Gasteiger partial charge is 0.463 e. The van der Waals surface area contributed by atoms with E-state index in [2.05, 4.69) is 0 Å². The summed E-state index contributed by atoms with van der Waals surface area (Å²) in [4.78, 5) is 38.8. The lowest BCUT2D eigenvalue weighted by molar-refractivity contribution is -0.355. The molecular formula is C43H60O15. The number of rotatable bonds is 16. The average Bonchev–Trinajstić information content (AvgIpc) is 3.17. The quantitative estimate of drug-likeness (QED) is 0.0874. The first kappa shape index (κ1) is 48.5. The molecule has 322 valence electrons. The van der Waals surface area contributed by atoms with Crippen LogP contribution in [0.4, 0.5) is 0 Å². The van der Waals surface area contributed by atoms with Gasteiger partial charge in [-0.2, -0.15) is 0 Å². The number of hydrogen-bond donors (Lipinski definition) is 7. The van der Waals surface area contributed by atoms with E-state index in [0.29, 0.717) is 5.57 Å². The van der Waals surface area contributed by atoms with Crippen LogP contribution in [-0.4, -0.2) is 134 Å². The molecule has 0 aromatic carbocycles. The Hall–Kier alpha value is -3.87. The fourth-order valence-electron chi connectivity index (χ4n) is 6.63. The number of hydrogen-bond acceptors (Lipinski definition) is 15. The highest BCUT2D eigenvalue weighted by Crippen LogP contribution is 2.41. The number of ketones is 1. The third kappa shape index (κ3) is 13.6. The number of carbonyl (C=O) groups excluding carboxylic acids is 3. The number of esters is 2. The molecule has 11 atom stereocenters. The Morgan fingerprint density at radius 2 is 1.38 bits per heavy atom. The molecule has 0 aromatic heterocycles.